The lowest BCUT2D eigenvalue weighted by Crippen LogP contribution is -2.39. The van der Waals surface area contributed by atoms with Crippen LogP contribution in [0.4, 0.5) is 5.82 Å². The molecule has 2 fully saturated rings. The van der Waals surface area contributed by atoms with Gasteiger partial charge in [-0.1, -0.05) is 47.6 Å². The molecule has 2 heterocycles. The quantitative estimate of drug-likeness (QED) is 0.661. The first-order valence-electron chi connectivity index (χ1n) is 6.86. The van der Waals surface area contributed by atoms with Gasteiger partial charge in [-0.2, -0.15) is 0 Å². The monoisotopic (exact) mass is 318 g/mol. The van der Waals surface area contributed by atoms with Gasteiger partial charge in [0.05, 0.1) is 10.0 Å². The molecule has 0 N–H and O–H groups in total. The van der Waals surface area contributed by atoms with Gasteiger partial charge in [0, 0.05) is 13.1 Å². The zero-order valence-electron chi connectivity index (χ0n) is 10.8. The molecule has 0 amide bonds. The van der Waals surface area contributed by atoms with Crippen LogP contribution in [0, 0.1) is 5.41 Å². The fourth-order valence-corrected chi connectivity index (χ4v) is 4.09. The van der Waals surface area contributed by atoms with Crippen LogP contribution in [0.2, 0.25) is 15.2 Å². The van der Waals surface area contributed by atoms with Crippen molar-refractivity contribution < 1.29 is 0 Å². The van der Waals surface area contributed by atoms with Crippen molar-refractivity contribution in [1.82, 2.24) is 4.98 Å². The molecule has 1 saturated heterocycles. The van der Waals surface area contributed by atoms with Crippen LogP contribution in [0.5, 0.6) is 0 Å². The lowest BCUT2D eigenvalue weighted by atomic mass is 9.77. The van der Waals surface area contributed by atoms with Crippen molar-refractivity contribution in [3.63, 3.8) is 0 Å². The van der Waals surface area contributed by atoms with Crippen molar-refractivity contribution in [3.8, 4) is 0 Å². The van der Waals surface area contributed by atoms with E-state index in [9.17, 15) is 0 Å². The van der Waals surface area contributed by atoms with Crippen molar-refractivity contribution in [2.45, 2.75) is 38.5 Å². The number of pyridine rings is 1. The summed E-state index contributed by atoms with van der Waals surface area (Å²) in [5.74, 6) is 0.781. The molecule has 104 valence electrons. The maximum Gasteiger partial charge on any atom is 0.150 e. The normalized spacial score (nSPS) is 22.2. The van der Waals surface area contributed by atoms with Gasteiger partial charge in [-0.25, -0.2) is 4.98 Å². The third kappa shape index (κ3) is 2.68. The molecular formula is C14H17Cl3N2. The van der Waals surface area contributed by atoms with Crippen LogP contribution in [0.25, 0.3) is 0 Å². The fourth-order valence-electron chi connectivity index (χ4n) is 3.47. The molecule has 3 rings (SSSR count). The summed E-state index contributed by atoms with van der Waals surface area (Å²) in [5.41, 5.74) is 0.596. The summed E-state index contributed by atoms with van der Waals surface area (Å²) in [6.07, 6.45) is 8.06. The number of aromatic nitrogens is 1. The molecule has 1 aromatic rings. The molecule has 1 aliphatic heterocycles. The van der Waals surface area contributed by atoms with Crippen molar-refractivity contribution in [1.29, 1.82) is 0 Å². The van der Waals surface area contributed by atoms with E-state index < -0.39 is 0 Å². The second-order valence-electron chi connectivity index (χ2n) is 5.76. The zero-order valence-corrected chi connectivity index (χ0v) is 13.0. The van der Waals surface area contributed by atoms with Crippen molar-refractivity contribution in [2.24, 2.45) is 5.41 Å². The molecule has 2 nitrogen and oxygen atoms in total. The molecule has 2 aliphatic rings. The molecule has 1 aliphatic carbocycles. The first kappa shape index (κ1) is 13.8. The highest BCUT2D eigenvalue weighted by Crippen LogP contribution is 2.47. The van der Waals surface area contributed by atoms with E-state index >= 15 is 0 Å². The topological polar surface area (TPSA) is 16.1 Å². The van der Waals surface area contributed by atoms with Gasteiger partial charge in [0.25, 0.3) is 0 Å². The predicted octanol–water partition coefficient (Wildman–Crippen LogP) is 5.20. The summed E-state index contributed by atoms with van der Waals surface area (Å²) in [5, 5.41) is 1.35. The van der Waals surface area contributed by atoms with Crippen molar-refractivity contribution in [2.75, 3.05) is 18.0 Å². The third-order valence-corrected chi connectivity index (χ3v) is 5.61. The Morgan fingerprint density at radius 1 is 0.947 bits per heavy atom. The molecule has 1 saturated carbocycles. The van der Waals surface area contributed by atoms with Crippen LogP contribution in [0.1, 0.15) is 38.5 Å². The maximum atomic E-state index is 6.24. The fraction of sp³-hybridized carbons (Fsp3) is 0.643. The Labute approximate surface area is 129 Å². The third-order valence-electron chi connectivity index (χ3n) is 4.66. The molecule has 0 aromatic carbocycles. The summed E-state index contributed by atoms with van der Waals surface area (Å²) in [7, 11) is 0. The number of hydrogen-bond acceptors (Lipinski definition) is 2. The zero-order chi connectivity index (χ0) is 13.5. The number of piperidine rings is 1. The number of nitrogens with zero attached hydrogens (tertiary/aromatic N) is 2. The molecule has 0 unspecified atom stereocenters. The molecule has 1 aromatic heterocycles. The van der Waals surface area contributed by atoms with Crippen LogP contribution >= 0.6 is 34.8 Å². The Morgan fingerprint density at radius 2 is 1.58 bits per heavy atom. The van der Waals surface area contributed by atoms with E-state index in [1.165, 1.54) is 38.5 Å². The van der Waals surface area contributed by atoms with E-state index in [-0.39, 0.29) is 0 Å². The summed E-state index contributed by atoms with van der Waals surface area (Å²) in [4.78, 5) is 6.58. The lowest BCUT2D eigenvalue weighted by molar-refractivity contribution is 0.226. The van der Waals surface area contributed by atoms with E-state index in [0.29, 0.717) is 20.6 Å². The minimum Gasteiger partial charge on any atom is -0.355 e. The molecule has 5 heteroatoms. The average molecular weight is 320 g/mol. The summed E-state index contributed by atoms with van der Waals surface area (Å²) < 4.78 is 0. The van der Waals surface area contributed by atoms with Crippen LogP contribution in [0.15, 0.2) is 6.07 Å². The van der Waals surface area contributed by atoms with E-state index in [0.717, 1.165) is 18.9 Å². The minimum absolute atomic E-state index is 0.335. The van der Waals surface area contributed by atoms with E-state index in [1.54, 1.807) is 6.07 Å². The molecular weight excluding hydrogens is 303 g/mol. The van der Waals surface area contributed by atoms with E-state index in [4.69, 9.17) is 34.8 Å². The summed E-state index contributed by atoms with van der Waals surface area (Å²) >= 11 is 18.2. The SMILES string of the molecule is Clc1cc(Cl)c(N2CCC3(CCCC3)CC2)nc1Cl. The lowest BCUT2D eigenvalue weighted by Gasteiger charge is -2.40. The van der Waals surface area contributed by atoms with Crippen molar-refractivity contribution >= 4 is 40.6 Å². The smallest absolute Gasteiger partial charge is 0.150 e. The number of hydrogen-bond donors (Lipinski definition) is 0. The van der Waals surface area contributed by atoms with Crippen LogP contribution in [-0.4, -0.2) is 18.1 Å². The first-order valence-corrected chi connectivity index (χ1v) is 8.00. The van der Waals surface area contributed by atoms with Crippen LogP contribution in [-0.2, 0) is 0 Å². The van der Waals surface area contributed by atoms with E-state index in [1.807, 2.05) is 0 Å². The Hall–Kier alpha value is -0.180. The van der Waals surface area contributed by atoms with Gasteiger partial charge in [0.1, 0.15) is 11.0 Å². The van der Waals surface area contributed by atoms with Gasteiger partial charge < -0.3 is 4.90 Å². The Kier molecular flexibility index (Phi) is 3.85. The van der Waals surface area contributed by atoms with Crippen LogP contribution in [0.3, 0.4) is 0 Å². The van der Waals surface area contributed by atoms with Gasteiger partial charge in [-0.05, 0) is 37.2 Å². The summed E-state index contributed by atoms with van der Waals surface area (Å²) in [6.45, 7) is 2.04. The van der Waals surface area contributed by atoms with Gasteiger partial charge in [0.15, 0.2) is 0 Å². The molecule has 0 atom stereocenters. The van der Waals surface area contributed by atoms with Crippen molar-refractivity contribution in [3.05, 3.63) is 21.3 Å². The highest BCUT2D eigenvalue weighted by molar-refractivity contribution is 6.42. The molecule has 0 radical (unpaired) electrons. The highest BCUT2D eigenvalue weighted by atomic mass is 35.5. The number of rotatable bonds is 1. The number of halogens is 3. The van der Waals surface area contributed by atoms with Gasteiger partial charge in [-0.15, -0.1) is 0 Å². The van der Waals surface area contributed by atoms with Crippen LogP contribution < -0.4 is 4.90 Å². The average Bonchev–Trinajstić information content (AvgIpc) is 2.84. The second-order valence-corrected chi connectivity index (χ2v) is 6.93. The van der Waals surface area contributed by atoms with Gasteiger partial charge in [-0.3, -0.25) is 0 Å². The molecule has 19 heavy (non-hydrogen) atoms. The number of anilines is 1. The second kappa shape index (κ2) is 5.31. The minimum atomic E-state index is 0.335. The standard InChI is InChI=1S/C14H17Cl3N2/c15-10-9-11(16)13(18-12(10)17)19-7-5-14(6-8-19)3-1-2-4-14/h9H,1-8H2. The van der Waals surface area contributed by atoms with Gasteiger partial charge >= 0.3 is 0 Å². The first-order chi connectivity index (χ1) is 9.10. The van der Waals surface area contributed by atoms with E-state index in [2.05, 4.69) is 9.88 Å². The summed E-state index contributed by atoms with van der Waals surface area (Å²) in [6, 6.07) is 1.69. The Balaban J connectivity index is 1.76. The Morgan fingerprint density at radius 3 is 2.21 bits per heavy atom. The molecule has 0 bridgehead atoms. The maximum absolute atomic E-state index is 6.24. The van der Waals surface area contributed by atoms with Gasteiger partial charge in [0.2, 0.25) is 0 Å². The Bertz CT molecular complexity index is 474. The highest BCUT2D eigenvalue weighted by Gasteiger charge is 2.37. The molecule has 1 spiro atoms. The largest absolute Gasteiger partial charge is 0.355 e. The predicted molar refractivity (Wildman–Crippen MR) is 81.6 cm³/mol.